The van der Waals surface area contributed by atoms with Crippen LogP contribution in [0.4, 0.5) is 4.79 Å². The fraction of sp³-hybridized carbons (Fsp3) is 0.769. The molecular formula is C13H21NO3. The summed E-state index contributed by atoms with van der Waals surface area (Å²) >= 11 is 0. The maximum Gasteiger partial charge on any atom is 0.411 e. The molecule has 0 aromatic rings. The molecule has 2 atom stereocenters. The summed E-state index contributed by atoms with van der Waals surface area (Å²) in [6.45, 7) is 7.82. The monoisotopic (exact) mass is 239 g/mol. The third-order valence-electron chi connectivity index (χ3n) is 2.34. The number of carbonyl (C=O) groups excluding carboxylic acids is 1. The summed E-state index contributed by atoms with van der Waals surface area (Å²) in [7, 11) is 0. The first-order valence-electron chi connectivity index (χ1n) is 5.98. The van der Waals surface area contributed by atoms with Crippen molar-refractivity contribution in [3.63, 3.8) is 0 Å². The Hall–Kier alpha value is -1.21. The van der Waals surface area contributed by atoms with Gasteiger partial charge in [0, 0.05) is 6.54 Å². The molecule has 1 N–H and O–H groups in total. The van der Waals surface area contributed by atoms with Gasteiger partial charge in [0.2, 0.25) is 0 Å². The third-order valence-corrected chi connectivity index (χ3v) is 2.34. The first kappa shape index (κ1) is 13.9. The minimum absolute atomic E-state index is 0.126. The van der Waals surface area contributed by atoms with Crippen molar-refractivity contribution in [2.75, 3.05) is 6.54 Å². The Labute approximate surface area is 103 Å². The van der Waals surface area contributed by atoms with Crippen molar-refractivity contribution < 1.29 is 14.6 Å². The van der Waals surface area contributed by atoms with E-state index in [1.165, 1.54) is 0 Å². The zero-order valence-corrected chi connectivity index (χ0v) is 11.0. The van der Waals surface area contributed by atoms with E-state index >= 15 is 0 Å². The van der Waals surface area contributed by atoms with Crippen LogP contribution < -0.4 is 0 Å². The predicted molar refractivity (Wildman–Crippen MR) is 65.4 cm³/mol. The van der Waals surface area contributed by atoms with E-state index in [9.17, 15) is 4.79 Å². The molecule has 1 saturated heterocycles. The number of amides is 1. The van der Waals surface area contributed by atoms with Crippen molar-refractivity contribution >= 4 is 6.09 Å². The van der Waals surface area contributed by atoms with E-state index in [-0.39, 0.29) is 12.1 Å². The lowest BCUT2D eigenvalue weighted by molar-refractivity contribution is 0.0260. The maximum atomic E-state index is 11.9. The molecule has 0 aliphatic carbocycles. The lowest BCUT2D eigenvalue weighted by atomic mass is 10.2. The van der Waals surface area contributed by atoms with Gasteiger partial charge in [-0.15, -0.1) is 0 Å². The van der Waals surface area contributed by atoms with Crippen molar-refractivity contribution in [2.24, 2.45) is 0 Å². The highest BCUT2D eigenvalue weighted by atomic mass is 16.6. The van der Waals surface area contributed by atoms with Gasteiger partial charge >= 0.3 is 6.09 Å². The molecule has 0 spiro atoms. The van der Waals surface area contributed by atoms with E-state index in [2.05, 4.69) is 11.8 Å². The number of rotatable bonds is 0. The number of hydrogen-bond acceptors (Lipinski definition) is 3. The average molecular weight is 239 g/mol. The van der Waals surface area contributed by atoms with Gasteiger partial charge < -0.3 is 9.84 Å². The van der Waals surface area contributed by atoms with Crippen LogP contribution in [0.5, 0.6) is 0 Å². The second kappa shape index (κ2) is 5.42. The van der Waals surface area contributed by atoms with Crippen molar-refractivity contribution in [1.82, 2.24) is 4.90 Å². The van der Waals surface area contributed by atoms with E-state index in [0.29, 0.717) is 6.54 Å². The molecule has 1 amide bonds. The number of aliphatic hydroxyl groups is 1. The molecule has 96 valence electrons. The van der Waals surface area contributed by atoms with E-state index in [0.717, 1.165) is 12.8 Å². The van der Waals surface area contributed by atoms with E-state index in [1.807, 2.05) is 20.8 Å². The second-order valence-corrected chi connectivity index (χ2v) is 5.30. The van der Waals surface area contributed by atoms with Gasteiger partial charge in [-0.1, -0.05) is 11.8 Å². The van der Waals surface area contributed by atoms with Crippen molar-refractivity contribution in [1.29, 1.82) is 0 Å². The summed E-state index contributed by atoms with van der Waals surface area (Å²) in [5, 5.41) is 9.12. The lowest BCUT2D eigenvalue weighted by Gasteiger charge is -2.26. The summed E-state index contributed by atoms with van der Waals surface area (Å²) in [6, 6.07) is -0.126. The van der Waals surface area contributed by atoms with Crippen molar-refractivity contribution in [2.45, 2.75) is 58.3 Å². The minimum Gasteiger partial charge on any atom is -0.444 e. The first-order valence-corrected chi connectivity index (χ1v) is 5.98. The van der Waals surface area contributed by atoms with Crippen LogP contribution in [0.2, 0.25) is 0 Å². The highest BCUT2D eigenvalue weighted by Crippen LogP contribution is 2.20. The fourth-order valence-electron chi connectivity index (χ4n) is 1.67. The molecule has 0 aromatic heterocycles. The number of ether oxygens (including phenoxy) is 1. The van der Waals surface area contributed by atoms with Gasteiger partial charge in [-0.05, 0) is 40.5 Å². The molecule has 0 radical (unpaired) electrons. The van der Waals surface area contributed by atoms with Gasteiger partial charge in [-0.25, -0.2) is 4.79 Å². The molecule has 17 heavy (non-hydrogen) atoms. The zero-order valence-electron chi connectivity index (χ0n) is 11.0. The Kier molecular flexibility index (Phi) is 4.41. The molecule has 1 heterocycles. The minimum atomic E-state index is -0.656. The van der Waals surface area contributed by atoms with Gasteiger partial charge in [0.1, 0.15) is 11.7 Å². The molecule has 1 rings (SSSR count). The molecular weight excluding hydrogens is 218 g/mol. The predicted octanol–water partition coefficient (Wildman–Crippen LogP) is 1.77. The average Bonchev–Trinajstić information content (AvgIpc) is 2.59. The number of likely N-dealkylation sites (tertiary alicyclic amines) is 1. The van der Waals surface area contributed by atoms with E-state index < -0.39 is 11.7 Å². The topological polar surface area (TPSA) is 49.8 Å². The van der Waals surface area contributed by atoms with Gasteiger partial charge in [-0.2, -0.15) is 0 Å². The summed E-state index contributed by atoms with van der Waals surface area (Å²) in [4.78, 5) is 13.5. The third kappa shape index (κ3) is 4.66. The Balaban J connectivity index is 2.64. The Bertz CT molecular complexity index is 333. The van der Waals surface area contributed by atoms with Crippen LogP contribution in [0.15, 0.2) is 0 Å². The van der Waals surface area contributed by atoms with Gasteiger partial charge in [0.05, 0.1) is 6.04 Å². The Morgan fingerprint density at radius 3 is 2.71 bits per heavy atom. The van der Waals surface area contributed by atoms with Gasteiger partial charge in [-0.3, -0.25) is 4.90 Å². The molecule has 4 nitrogen and oxygen atoms in total. The van der Waals surface area contributed by atoms with Crippen molar-refractivity contribution in [3.8, 4) is 11.8 Å². The molecule has 1 aliphatic rings. The van der Waals surface area contributed by atoms with Crippen LogP contribution >= 0.6 is 0 Å². The Morgan fingerprint density at radius 2 is 2.18 bits per heavy atom. The Morgan fingerprint density at radius 1 is 1.53 bits per heavy atom. The summed E-state index contributed by atoms with van der Waals surface area (Å²) in [5.74, 6) is 5.61. The molecule has 1 fully saturated rings. The normalized spacial score (nSPS) is 21.7. The van der Waals surface area contributed by atoms with Crippen LogP contribution in [0.25, 0.3) is 0 Å². The van der Waals surface area contributed by atoms with Gasteiger partial charge in [0.25, 0.3) is 0 Å². The number of carbonyl (C=O) groups is 1. The number of hydrogen-bond donors (Lipinski definition) is 1. The van der Waals surface area contributed by atoms with Crippen LogP contribution in [-0.2, 0) is 4.74 Å². The van der Waals surface area contributed by atoms with Crippen LogP contribution in [-0.4, -0.2) is 40.4 Å². The largest absolute Gasteiger partial charge is 0.444 e. The molecule has 0 bridgehead atoms. The highest BCUT2D eigenvalue weighted by molar-refractivity contribution is 5.69. The smallest absolute Gasteiger partial charge is 0.411 e. The van der Waals surface area contributed by atoms with Crippen molar-refractivity contribution in [3.05, 3.63) is 0 Å². The van der Waals surface area contributed by atoms with Gasteiger partial charge in [0.15, 0.2) is 0 Å². The quantitative estimate of drug-likeness (QED) is 0.655. The van der Waals surface area contributed by atoms with E-state index in [4.69, 9.17) is 9.84 Å². The molecule has 0 aromatic carbocycles. The summed E-state index contributed by atoms with van der Waals surface area (Å²) < 4.78 is 5.32. The summed E-state index contributed by atoms with van der Waals surface area (Å²) in [5.41, 5.74) is -0.484. The summed E-state index contributed by atoms with van der Waals surface area (Å²) in [6.07, 6.45) is 0.799. The molecule has 2 unspecified atom stereocenters. The number of aliphatic hydroxyl groups excluding tert-OH is 1. The standard InChI is InChI=1S/C13H21NO3/c1-10(15)7-8-11-6-5-9-14(11)12(16)17-13(2,3)4/h10-11,15H,5-6,9H2,1-4H3. The number of nitrogens with zero attached hydrogens (tertiary/aromatic N) is 1. The maximum absolute atomic E-state index is 11.9. The molecule has 1 aliphatic heterocycles. The molecule has 0 saturated carbocycles. The van der Waals surface area contributed by atoms with Crippen LogP contribution in [0.3, 0.4) is 0 Å². The fourth-order valence-corrected chi connectivity index (χ4v) is 1.67. The van der Waals surface area contributed by atoms with E-state index in [1.54, 1.807) is 11.8 Å². The SMILES string of the molecule is CC(O)C#CC1CCCN1C(=O)OC(C)(C)C. The highest BCUT2D eigenvalue weighted by Gasteiger charge is 2.30. The second-order valence-electron chi connectivity index (χ2n) is 5.30. The van der Waals surface area contributed by atoms with Crippen LogP contribution in [0, 0.1) is 11.8 Å². The zero-order chi connectivity index (χ0) is 13.1. The molecule has 4 heteroatoms. The first-order chi connectivity index (χ1) is 7.79. The lowest BCUT2D eigenvalue weighted by Crippen LogP contribution is -2.39. The van der Waals surface area contributed by atoms with Crippen LogP contribution in [0.1, 0.15) is 40.5 Å².